The predicted octanol–water partition coefficient (Wildman–Crippen LogP) is 3.08. The Hall–Kier alpha value is -1.93. The van der Waals surface area contributed by atoms with Crippen LogP contribution in [0.3, 0.4) is 0 Å². The molecular formula is C14H16N2O3. The second-order valence-electron chi connectivity index (χ2n) is 4.99. The minimum Gasteiger partial charge on any atom is -0.388 e. The van der Waals surface area contributed by atoms with Gasteiger partial charge in [0.25, 0.3) is 5.69 Å². The van der Waals surface area contributed by atoms with E-state index in [9.17, 15) is 15.2 Å². The summed E-state index contributed by atoms with van der Waals surface area (Å²) in [4.78, 5) is 10.5. The van der Waals surface area contributed by atoms with Crippen molar-refractivity contribution in [2.75, 3.05) is 0 Å². The molecule has 0 spiro atoms. The lowest BCUT2D eigenvalue weighted by Gasteiger charge is -2.26. The average molecular weight is 260 g/mol. The van der Waals surface area contributed by atoms with E-state index in [2.05, 4.69) is 0 Å². The van der Waals surface area contributed by atoms with Crippen molar-refractivity contribution in [2.45, 2.75) is 38.2 Å². The van der Waals surface area contributed by atoms with Gasteiger partial charge in [0.2, 0.25) is 0 Å². The Morgan fingerprint density at radius 3 is 2.63 bits per heavy atom. The van der Waals surface area contributed by atoms with Crippen molar-refractivity contribution in [3.8, 4) is 6.07 Å². The number of benzene rings is 1. The van der Waals surface area contributed by atoms with E-state index in [-0.39, 0.29) is 17.2 Å². The molecule has 0 saturated heterocycles. The minimum atomic E-state index is -0.812. The van der Waals surface area contributed by atoms with Crippen LogP contribution in [0.1, 0.15) is 49.3 Å². The molecule has 0 amide bonds. The number of nitro benzene ring substituents is 1. The third-order valence-corrected chi connectivity index (χ3v) is 3.77. The number of rotatable bonds is 3. The number of hydrogen-bond acceptors (Lipinski definition) is 4. The summed E-state index contributed by atoms with van der Waals surface area (Å²) in [5.74, 6) is 0.0837. The van der Waals surface area contributed by atoms with Gasteiger partial charge in [0, 0.05) is 6.07 Å². The molecule has 1 fully saturated rings. The van der Waals surface area contributed by atoms with Crippen LogP contribution < -0.4 is 0 Å². The summed E-state index contributed by atoms with van der Waals surface area (Å²) >= 11 is 0. The monoisotopic (exact) mass is 260 g/mol. The average Bonchev–Trinajstić information content (AvgIpc) is 2.46. The second-order valence-corrected chi connectivity index (χ2v) is 4.99. The van der Waals surface area contributed by atoms with Crippen LogP contribution in [-0.2, 0) is 0 Å². The summed E-state index contributed by atoms with van der Waals surface area (Å²) in [5.41, 5.74) is 0.416. The summed E-state index contributed by atoms with van der Waals surface area (Å²) in [7, 11) is 0. The number of nitro groups is 1. The number of nitriles is 1. The van der Waals surface area contributed by atoms with E-state index < -0.39 is 11.0 Å². The van der Waals surface area contributed by atoms with E-state index in [0.29, 0.717) is 5.56 Å². The molecule has 1 saturated carbocycles. The molecule has 2 rings (SSSR count). The van der Waals surface area contributed by atoms with Gasteiger partial charge in [0.05, 0.1) is 28.2 Å². The second kappa shape index (κ2) is 5.81. The van der Waals surface area contributed by atoms with Crippen LogP contribution in [0, 0.1) is 27.4 Å². The highest BCUT2D eigenvalue weighted by molar-refractivity contribution is 5.48. The molecule has 0 aliphatic heterocycles. The summed E-state index contributed by atoms with van der Waals surface area (Å²) in [6.07, 6.45) is 4.28. The molecular weight excluding hydrogens is 244 g/mol. The van der Waals surface area contributed by atoms with E-state index in [1.807, 2.05) is 6.07 Å². The molecule has 19 heavy (non-hydrogen) atoms. The smallest absolute Gasteiger partial charge is 0.276 e. The zero-order valence-corrected chi connectivity index (χ0v) is 10.6. The lowest BCUT2D eigenvalue weighted by atomic mass is 9.82. The van der Waals surface area contributed by atoms with E-state index in [0.717, 1.165) is 25.7 Å². The molecule has 0 bridgehead atoms. The van der Waals surface area contributed by atoms with E-state index in [1.165, 1.54) is 24.6 Å². The van der Waals surface area contributed by atoms with Gasteiger partial charge in [-0.15, -0.1) is 0 Å². The Morgan fingerprint density at radius 1 is 1.37 bits per heavy atom. The molecule has 0 heterocycles. The van der Waals surface area contributed by atoms with Gasteiger partial charge >= 0.3 is 0 Å². The Kier molecular flexibility index (Phi) is 4.13. The molecule has 1 aliphatic rings. The zero-order valence-electron chi connectivity index (χ0n) is 10.6. The third kappa shape index (κ3) is 2.91. The van der Waals surface area contributed by atoms with Crippen molar-refractivity contribution in [1.29, 1.82) is 5.26 Å². The summed E-state index contributed by atoms with van der Waals surface area (Å²) in [5, 5.41) is 30.2. The van der Waals surface area contributed by atoms with Gasteiger partial charge in [-0.05, 0) is 30.9 Å². The van der Waals surface area contributed by atoms with Gasteiger partial charge in [0.15, 0.2) is 0 Å². The number of hydrogen-bond donors (Lipinski definition) is 1. The van der Waals surface area contributed by atoms with Crippen LogP contribution in [0.5, 0.6) is 0 Å². The van der Waals surface area contributed by atoms with Gasteiger partial charge in [-0.3, -0.25) is 10.1 Å². The first-order chi connectivity index (χ1) is 9.13. The maximum absolute atomic E-state index is 11.1. The Labute approximate surface area is 111 Å². The summed E-state index contributed by atoms with van der Waals surface area (Å²) in [6.45, 7) is 0. The maximum atomic E-state index is 11.1. The van der Waals surface area contributed by atoms with E-state index in [4.69, 9.17) is 5.26 Å². The fourth-order valence-electron chi connectivity index (χ4n) is 2.73. The number of nitrogens with zero attached hydrogens (tertiary/aromatic N) is 2. The van der Waals surface area contributed by atoms with Crippen molar-refractivity contribution >= 4 is 5.69 Å². The molecule has 1 aliphatic carbocycles. The fraction of sp³-hybridized carbons (Fsp3) is 0.500. The Morgan fingerprint density at radius 2 is 2.05 bits per heavy atom. The molecule has 1 aromatic carbocycles. The van der Waals surface area contributed by atoms with Crippen LogP contribution in [-0.4, -0.2) is 10.0 Å². The van der Waals surface area contributed by atoms with Crippen molar-refractivity contribution in [2.24, 2.45) is 5.92 Å². The molecule has 100 valence electrons. The van der Waals surface area contributed by atoms with Crippen LogP contribution in [0.4, 0.5) is 5.69 Å². The maximum Gasteiger partial charge on any atom is 0.276 e. The predicted molar refractivity (Wildman–Crippen MR) is 69.3 cm³/mol. The summed E-state index contributed by atoms with van der Waals surface area (Å²) < 4.78 is 0. The van der Waals surface area contributed by atoms with Crippen LogP contribution >= 0.6 is 0 Å². The molecule has 1 atom stereocenters. The molecule has 0 radical (unpaired) electrons. The van der Waals surface area contributed by atoms with Crippen LogP contribution in [0.15, 0.2) is 18.2 Å². The molecule has 5 heteroatoms. The Balaban J connectivity index is 2.32. The Bertz CT molecular complexity index is 516. The largest absolute Gasteiger partial charge is 0.388 e. The van der Waals surface area contributed by atoms with E-state index >= 15 is 0 Å². The molecule has 5 nitrogen and oxygen atoms in total. The fourth-order valence-corrected chi connectivity index (χ4v) is 2.73. The molecule has 0 aromatic heterocycles. The highest BCUT2D eigenvalue weighted by Gasteiger charge is 2.28. The SMILES string of the molecule is N#Cc1ccc(C(O)C2CCCCC2)c([N+](=O)[O-])c1. The standard InChI is InChI=1S/C14H16N2O3/c15-9-10-6-7-12(13(8-10)16(18)19)14(17)11-4-2-1-3-5-11/h6-8,11,14,17H,1-5H2. The first kappa shape index (κ1) is 13.5. The highest BCUT2D eigenvalue weighted by atomic mass is 16.6. The topological polar surface area (TPSA) is 87.2 Å². The number of aliphatic hydroxyl groups is 1. The van der Waals surface area contributed by atoms with Crippen LogP contribution in [0.25, 0.3) is 0 Å². The first-order valence-electron chi connectivity index (χ1n) is 6.50. The van der Waals surface area contributed by atoms with Crippen molar-refractivity contribution in [1.82, 2.24) is 0 Å². The van der Waals surface area contributed by atoms with Crippen molar-refractivity contribution < 1.29 is 10.0 Å². The van der Waals surface area contributed by atoms with E-state index in [1.54, 1.807) is 0 Å². The van der Waals surface area contributed by atoms with Gasteiger partial charge in [-0.2, -0.15) is 5.26 Å². The molecule has 1 aromatic rings. The summed E-state index contributed by atoms with van der Waals surface area (Å²) in [6, 6.07) is 6.15. The quantitative estimate of drug-likeness (QED) is 0.668. The van der Waals surface area contributed by atoms with Gasteiger partial charge in [0.1, 0.15) is 0 Å². The zero-order chi connectivity index (χ0) is 13.8. The van der Waals surface area contributed by atoms with Crippen LogP contribution in [0.2, 0.25) is 0 Å². The lowest BCUT2D eigenvalue weighted by Crippen LogP contribution is -2.17. The normalized spacial score (nSPS) is 17.7. The van der Waals surface area contributed by atoms with Gasteiger partial charge < -0.3 is 5.11 Å². The van der Waals surface area contributed by atoms with Crippen molar-refractivity contribution in [3.63, 3.8) is 0 Å². The molecule has 1 N–H and O–H groups in total. The first-order valence-corrected chi connectivity index (χ1v) is 6.50. The van der Waals surface area contributed by atoms with Gasteiger partial charge in [-0.1, -0.05) is 19.3 Å². The number of aliphatic hydroxyl groups excluding tert-OH is 1. The lowest BCUT2D eigenvalue weighted by molar-refractivity contribution is -0.386. The van der Waals surface area contributed by atoms with Gasteiger partial charge in [-0.25, -0.2) is 0 Å². The minimum absolute atomic E-state index is 0.0837. The molecule has 1 unspecified atom stereocenters. The highest BCUT2D eigenvalue weighted by Crippen LogP contribution is 2.37. The van der Waals surface area contributed by atoms with Crippen molar-refractivity contribution in [3.05, 3.63) is 39.4 Å². The third-order valence-electron chi connectivity index (χ3n) is 3.77.